The lowest BCUT2D eigenvalue weighted by Crippen LogP contribution is -2.02. The molecule has 0 aliphatic heterocycles. The zero-order valence-corrected chi connectivity index (χ0v) is 18.9. The van der Waals surface area contributed by atoms with Crippen LogP contribution >= 0.6 is 34.5 Å². The van der Waals surface area contributed by atoms with Crippen molar-refractivity contribution in [2.45, 2.75) is 37.0 Å². The Hall–Kier alpha value is -2.11. The van der Waals surface area contributed by atoms with Gasteiger partial charge in [0.15, 0.2) is 11.3 Å². The molecule has 0 aliphatic rings. The van der Waals surface area contributed by atoms with E-state index in [1.54, 1.807) is 0 Å². The van der Waals surface area contributed by atoms with Gasteiger partial charge in [0.2, 0.25) is 0 Å². The van der Waals surface area contributed by atoms with E-state index in [4.69, 9.17) is 32.7 Å². The summed E-state index contributed by atoms with van der Waals surface area (Å²) in [5.41, 5.74) is -0.841. The summed E-state index contributed by atoms with van der Waals surface area (Å²) in [5.74, 6) is -1.34. The first-order chi connectivity index (χ1) is 14.5. The molecular weight excluding hydrogens is 491 g/mol. The summed E-state index contributed by atoms with van der Waals surface area (Å²) < 4.78 is 38.4. The van der Waals surface area contributed by atoms with Gasteiger partial charge in [0.1, 0.15) is 9.92 Å². The first kappa shape index (κ1) is 23.6. The molecule has 0 aliphatic carbocycles. The Bertz CT molecular complexity index is 1320. The van der Waals surface area contributed by atoms with Crippen molar-refractivity contribution in [3.8, 4) is 16.2 Å². The number of carbonyl (C=O) groups is 1. The lowest BCUT2D eigenvalue weighted by Gasteiger charge is -2.05. The Morgan fingerprint density at radius 3 is 2.48 bits per heavy atom. The highest BCUT2D eigenvalue weighted by Crippen LogP contribution is 2.40. The quantitative estimate of drug-likeness (QED) is 0.220. The van der Waals surface area contributed by atoms with Gasteiger partial charge in [-0.2, -0.15) is 8.42 Å². The molecule has 8 nitrogen and oxygen atoms in total. The number of carboxylic acids is 1. The fourth-order valence-corrected chi connectivity index (χ4v) is 5.81. The number of hydrogen-bond acceptors (Lipinski definition) is 7. The number of phenolic OH excluding ortho intramolecular Hbond substituents is 1. The van der Waals surface area contributed by atoms with E-state index in [-0.39, 0.29) is 43.8 Å². The number of carboxylic acid groups (broad SMARTS) is 1. The van der Waals surface area contributed by atoms with E-state index in [1.165, 1.54) is 18.2 Å². The number of halogens is 2. The van der Waals surface area contributed by atoms with Crippen LogP contribution in [0.1, 0.15) is 30.6 Å². The van der Waals surface area contributed by atoms with Crippen LogP contribution in [0.3, 0.4) is 0 Å². The van der Waals surface area contributed by atoms with Gasteiger partial charge >= 0.3 is 11.6 Å². The summed E-state index contributed by atoms with van der Waals surface area (Å²) in [5, 5.41) is 18.5. The molecule has 0 unspecified atom stereocenters. The molecule has 0 amide bonds. The predicted octanol–water partition coefficient (Wildman–Crippen LogP) is 4.97. The van der Waals surface area contributed by atoms with Crippen LogP contribution in [0.25, 0.3) is 21.4 Å². The molecule has 3 rings (SSSR count). The van der Waals surface area contributed by atoms with Gasteiger partial charge in [-0.3, -0.25) is 9.35 Å². The molecule has 31 heavy (non-hydrogen) atoms. The maximum atomic E-state index is 12.5. The molecule has 2 heterocycles. The van der Waals surface area contributed by atoms with Crippen LogP contribution in [0.4, 0.5) is 0 Å². The summed E-state index contributed by atoms with van der Waals surface area (Å²) in [7, 11) is -4.54. The maximum Gasteiger partial charge on any atom is 0.345 e. The molecule has 0 saturated carbocycles. The zero-order valence-electron chi connectivity index (χ0n) is 15.7. The Labute approximate surface area is 190 Å². The van der Waals surface area contributed by atoms with E-state index in [1.807, 2.05) is 0 Å². The monoisotopic (exact) mass is 506 g/mol. The van der Waals surface area contributed by atoms with Gasteiger partial charge in [-0.1, -0.05) is 29.6 Å². The third-order valence-corrected chi connectivity index (χ3v) is 7.42. The Morgan fingerprint density at radius 1 is 1.13 bits per heavy atom. The average Bonchev–Trinajstić information content (AvgIpc) is 3.10. The summed E-state index contributed by atoms with van der Waals surface area (Å²) >= 11 is 12.9. The molecule has 0 radical (unpaired) electrons. The Morgan fingerprint density at radius 2 is 1.84 bits per heavy atom. The molecular formula is C19H16Cl2O8S2. The molecule has 0 spiro atoms. The van der Waals surface area contributed by atoms with Gasteiger partial charge in [-0.25, -0.2) is 4.79 Å². The lowest BCUT2D eigenvalue weighted by atomic mass is 10.1. The van der Waals surface area contributed by atoms with Crippen LogP contribution in [0.5, 0.6) is 5.75 Å². The van der Waals surface area contributed by atoms with E-state index >= 15 is 0 Å². The second-order valence-electron chi connectivity index (χ2n) is 6.71. The van der Waals surface area contributed by atoms with Crippen molar-refractivity contribution in [1.82, 2.24) is 0 Å². The molecule has 3 aromatic rings. The maximum absolute atomic E-state index is 12.5. The molecule has 2 aromatic heterocycles. The number of phenols is 1. The fourth-order valence-electron chi connectivity index (χ4n) is 3.03. The van der Waals surface area contributed by atoms with Gasteiger partial charge in [0, 0.05) is 21.6 Å². The normalized spacial score (nSPS) is 11.8. The Balaban J connectivity index is 2.01. The van der Waals surface area contributed by atoms with Crippen molar-refractivity contribution in [2.24, 2.45) is 0 Å². The number of aliphatic carboxylic acids is 1. The molecule has 12 heteroatoms. The van der Waals surface area contributed by atoms with E-state index in [2.05, 4.69) is 0 Å². The average molecular weight is 507 g/mol. The summed E-state index contributed by atoms with van der Waals surface area (Å²) in [6, 6.07) is 3.95. The van der Waals surface area contributed by atoms with Gasteiger partial charge in [0.25, 0.3) is 10.1 Å². The number of unbranched alkanes of at least 4 members (excludes halogenated alkanes) is 2. The second-order valence-corrected chi connectivity index (χ2v) is 10.0. The summed E-state index contributed by atoms with van der Waals surface area (Å²) in [6.45, 7) is 0. The Kier molecular flexibility index (Phi) is 6.97. The van der Waals surface area contributed by atoms with Gasteiger partial charge in [-0.05, 0) is 37.5 Å². The van der Waals surface area contributed by atoms with Crippen LogP contribution in [0, 0.1) is 0 Å². The van der Waals surface area contributed by atoms with Crippen LogP contribution in [-0.2, 0) is 21.3 Å². The SMILES string of the molecule is O=C(O)CCCCCc1sc(-c2cc3cc(Cl)c(O)c(Cl)c3oc2=O)cc1S(=O)(=O)O. The smallest absolute Gasteiger partial charge is 0.345 e. The lowest BCUT2D eigenvalue weighted by molar-refractivity contribution is -0.137. The first-order valence-electron chi connectivity index (χ1n) is 8.96. The number of aryl methyl sites for hydroxylation is 1. The summed E-state index contributed by atoms with van der Waals surface area (Å²) in [4.78, 5) is 23.4. The minimum Gasteiger partial charge on any atom is -0.505 e. The molecule has 0 bridgehead atoms. The number of thiophene rings is 1. The second kappa shape index (κ2) is 9.17. The third kappa shape index (κ3) is 5.21. The van der Waals surface area contributed by atoms with Crippen molar-refractivity contribution in [2.75, 3.05) is 0 Å². The van der Waals surface area contributed by atoms with Crippen molar-refractivity contribution in [3.63, 3.8) is 0 Å². The number of fused-ring (bicyclic) bond motifs is 1. The number of hydrogen-bond donors (Lipinski definition) is 3. The largest absolute Gasteiger partial charge is 0.505 e. The zero-order chi connectivity index (χ0) is 22.9. The molecule has 1 aromatic carbocycles. The van der Waals surface area contributed by atoms with E-state index in [9.17, 15) is 27.7 Å². The van der Waals surface area contributed by atoms with Crippen molar-refractivity contribution < 1.29 is 32.4 Å². The van der Waals surface area contributed by atoms with Gasteiger partial charge in [0.05, 0.1) is 10.6 Å². The minimum absolute atomic E-state index is 0.0135. The molecule has 0 saturated heterocycles. The first-order valence-corrected chi connectivity index (χ1v) is 12.0. The van der Waals surface area contributed by atoms with Crippen LogP contribution < -0.4 is 5.63 Å². The van der Waals surface area contributed by atoms with E-state index < -0.39 is 27.5 Å². The molecule has 3 N–H and O–H groups in total. The van der Waals surface area contributed by atoms with Crippen LogP contribution in [-0.4, -0.2) is 29.2 Å². The molecule has 0 fully saturated rings. The van der Waals surface area contributed by atoms with E-state index in [0.29, 0.717) is 29.5 Å². The van der Waals surface area contributed by atoms with Crippen molar-refractivity contribution in [3.05, 3.63) is 43.5 Å². The van der Waals surface area contributed by atoms with Gasteiger partial charge in [-0.15, -0.1) is 11.3 Å². The third-order valence-electron chi connectivity index (χ3n) is 4.50. The number of benzene rings is 1. The molecule has 166 valence electrons. The topological polar surface area (TPSA) is 142 Å². The van der Waals surface area contributed by atoms with E-state index in [0.717, 1.165) is 11.3 Å². The number of rotatable bonds is 8. The highest BCUT2D eigenvalue weighted by atomic mass is 35.5. The minimum atomic E-state index is -4.54. The fraction of sp³-hybridized carbons (Fsp3) is 0.263. The van der Waals surface area contributed by atoms with Crippen molar-refractivity contribution >= 4 is 61.6 Å². The standard InChI is InChI=1S/C19H16Cl2O8S2/c20-11-7-9-6-10(19(25)29-18(9)16(21)17(11)24)13-8-14(31(26,27)28)12(30-13)4-2-1-3-5-15(22)23/h6-8,24H,1-5H2,(H,22,23)(H,26,27,28). The predicted molar refractivity (Wildman–Crippen MR) is 117 cm³/mol. The summed E-state index contributed by atoms with van der Waals surface area (Å²) in [6.07, 6.45) is 1.80. The van der Waals surface area contributed by atoms with Gasteiger partial charge < -0.3 is 14.6 Å². The highest BCUT2D eigenvalue weighted by Gasteiger charge is 2.23. The van der Waals surface area contributed by atoms with Crippen LogP contribution in [0.2, 0.25) is 10.0 Å². The molecule has 0 atom stereocenters. The van der Waals surface area contributed by atoms with Crippen LogP contribution in [0.15, 0.2) is 32.3 Å². The highest BCUT2D eigenvalue weighted by molar-refractivity contribution is 7.86. The number of aromatic hydroxyl groups is 1. The van der Waals surface area contributed by atoms with Crippen molar-refractivity contribution in [1.29, 1.82) is 0 Å².